The van der Waals surface area contributed by atoms with E-state index < -0.39 is 0 Å². The summed E-state index contributed by atoms with van der Waals surface area (Å²) >= 11 is 0. The van der Waals surface area contributed by atoms with Gasteiger partial charge in [0, 0.05) is 7.11 Å². The topological polar surface area (TPSA) is 9.23 Å². The molecule has 0 saturated heterocycles. The normalized spacial score (nSPS) is 15.8. The molecular formula is C15H24O. The maximum Gasteiger partial charge on any atom is 0.0579 e. The molecular weight excluding hydrogens is 196 g/mol. The summed E-state index contributed by atoms with van der Waals surface area (Å²) in [5.41, 5.74) is 1.66. The van der Waals surface area contributed by atoms with Crippen LogP contribution in [-0.4, -0.2) is 13.2 Å². The summed E-state index contributed by atoms with van der Waals surface area (Å²) in [4.78, 5) is 0. The van der Waals surface area contributed by atoms with Crippen molar-refractivity contribution in [2.24, 2.45) is 11.3 Å². The summed E-state index contributed by atoms with van der Waals surface area (Å²) in [6, 6.07) is 10.7. The van der Waals surface area contributed by atoms with Gasteiger partial charge in [-0.2, -0.15) is 0 Å². The number of hydrogen-bond donors (Lipinski definition) is 0. The van der Waals surface area contributed by atoms with E-state index in [2.05, 4.69) is 58.0 Å². The molecule has 1 aromatic rings. The lowest BCUT2D eigenvalue weighted by atomic mass is 9.74. The van der Waals surface area contributed by atoms with E-state index in [1.165, 1.54) is 5.56 Å². The second-order valence-corrected chi connectivity index (χ2v) is 5.60. The summed E-state index contributed by atoms with van der Waals surface area (Å²) in [6.07, 6.45) is 1.37. The molecule has 0 saturated carbocycles. The van der Waals surface area contributed by atoms with E-state index in [9.17, 15) is 0 Å². The van der Waals surface area contributed by atoms with Crippen LogP contribution >= 0.6 is 0 Å². The van der Waals surface area contributed by atoms with Crippen LogP contribution in [0.5, 0.6) is 0 Å². The molecule has 1 nitrogen and oxygen atoms in total. The SMILES string of the molecule is CO[C@@H](C)[C@H](Cc1ccccc1)C(C)(C)C. The number of methoxy groups -OCH3 is 1. The van der Waals surface area contributed by atoms with Crippen LogP contribution in [0.3, 0.4) is 0 Å². The van der Waals surface area contributed by atoms with Gasteiger partial charge < -0.3 is 4.74 Å². The Kier molecular flexibility index (Phi) is 4.55. The van der Waals surface area contributed by atoms with Crippen LogP contribution < -0.4 is 0 Å². The van der Waals surface area contributed by atoms with Crippen molar-refractivity contribution in [3.05, 3.63) is 35.9 Å². The molecule has 0 aliphatic rings. The van der Waals surface area contributed by atoms with Crippen molar-refractivity contribution in [1.82, 2.24) is 0 Å². The Morgan fingerprint density at radius 3 is 2.12 bits per heavy atom. The zero-order valence-electron chi connectivity index (χ0n) is 11.2. The highest BCUT2D eigenvalue weighted by Crippen LogP contribution is 2.32. The highest BCUT2D eigenvalue weighted by atomic mass is 16.5. The summed E-state index contributed by atoms with van der Waals surface area (Å²) < 4.78 is 5.51. The highest BCUT2D eigenvalue weighted by molar-refractivity contribution is 5.16. The Morgan fingerprint density at radius 2 is 1.69 bits per heavy atom. The van der Waals surface area contributed by atoms with E-state index in [-0.39, 0.29) is 5.41 Å². The Morgan fingerprint density at radius 1 is 1.12 bits per heavy atom. The lowest BCUT2D eigenvalue weighted by molar-refractivity contribution is 0.0177. The zero-order valence-corrected chi connectivity index (χ0v) is 11.2. The molecule has 1 heteroatoms. The molecule has 0 heterocycles. The minimum atomic E-state index is 0.269. The number of hydrogen-bond acceptors (Lipinski definition) is 1. The molecule has 2 atom stereocenters. The van der Waals surface area contributed by atoms with E-state index in [1.807, 2.05) is 0 Å². The molecule has 16 heavy (non-hydrogen) atoms. The first-order valence-corrected chi connectivity index (χ1v) is 6.02. The predicted octanol–water partition coefficient (Wildman–Crippen LogP) is 3.93. The Balaban J connectivity index is 2.80. The zero-order chi connectivity index (χ0) is 12.2. The highest BCUT2D eigenvalue weighted by Gasteiger charge is 2.29. The average Bonchev–Trinajstić information content (AvgIpc) is 2.25. The van der Waals surface area contributed by atoms with Crippen molar-refractivity contribution in [3.8, 4) is 0 Å². The van der Waals surface area contributed by atoms with Crippen molar-refractivity contribution in [2.45, 2.75) is 40.2 Å². The van der Waals surface area contributed by atoms with Gasteiger partial charge in [0.15, 0.2) is 0 Å². The van der Waals surface area contributed by atoms with E-state index in [1.54, 1.807) is 7.11 Å². The van der Waals surface area contributed by atoms with Crippen molar-refractivity contribution in [2.75, 3.05) is 7.11 Å². The first-order chi connectivity index (χ1) is 7.45. The lowest BCUT2D eigenvalue weighted by Crippen LogP contribution is -2.33. The average molecular weight is 220 g/mol. The largest absolute Gasteiger partial charge is 0.381 e. The molecule has 0 bridgehead atoms. The van der Waals surface area contributed by atoms with Gasteiger partial charge >= 0.3 is 0 Å². The van der Waals surface area contributed by atoms with E-state index in [0.717, 1.165) is 6.42 Å². The van der Waals surface area contributed by atoms with E-state index in [0.29, 0.717) is 12.0 Å². The van der Waals surface area contributed by atoms with Crippen LogP contribution in [0, 0.1) is 11.3 Å². The van der Waals surface area contributed by atoms with Crippen molar-refractivity contribution >= 4 is 0 Å². The second kappa shape index (κ2) is 5.49. The molecule has 0 amide bonds. The van der Waals surface area contributed by atoms with Crippen molar-refractivity contribution in [1.29, 1.82) is 0 Å². The van der Waals surface area contributed by atoms with Crippen LogP contribution in [0.2, 0.25) is 0 Å². The predicted molar refractivity (Wildman–Crippen MR) is 69.6 cm³/mol. The summed E-state index contributed by atoms with van der Waals surface area (Å²) in [7, 11) is 1.80. The third-order valence-corrected chi connectivity index (χ3v) is 3.35. The van der Waals surface area contributed by atoms with E-state index in [4.69, 9.17) is 4.74 Å². The molecule has 1 rings (SSSR count). The number of ether oxygens (including phenoxy) is 1. The number of rotatable bonds is 4. The fourth-order valence-corrected chi connectivity index (χ4v) is 2.21. The number of benzene rings is 1. The monoisotopic (exact) mass is 220 g/mol. The smallest absolute Gasteiger partial charge is 0.0579 e. The van der Waals surface area contributed by atoms with Gasteiger partial charge in [-0.15, -0.1) is 0 Å². The molecule has 90 valence electrons. The summed E-state index contributed by atoms with van der Waals surface area (Å²) in [5.74, 6) is 0.542. The molecule has 0 aliphatic carbocycles. The first kappa shape index (κ1) is 13.2. The van der Waals surface area contributed by atoms with E-state index >= 15 is 0 Å². The van der Waals surface area contributed by atoms with Gasteiger partial charge in [0.1, 0.15) is 0 Å². The third kappa shape index (κ3) is 3.64. The van der Waals surface area contributed by atoms with Gasteiger partial charge in [-0.1, -0.05) is 51.1 Å². The molecule has 0 unspecified atom stereocenters. The van der Waals surface area contributed by atoms with Crippen LogP contribution in [0.25, 0.3) is 0 Å². The minimum Gasteiger partial charge on any atom is -0.381 e. The van der Waals surface area contributed by atoms with Gasteiger partial charge in [-0.25, -0.2) is 0 Å². The van der Waals surface area contributed by atoms with Gasteiger partial charge in [-0.3, -0.25) is 0 Å². The molecule has 0 radical (unpaired) electrons. The molecule has 0 fully saturated rings. The fraction of sp³-hybridized carbons (Fsp3) is 0.600. The van der Waals surface area contributed by atoms with Gasteiger partial charge in [0.25, 0.3) is 0 Å². The van der Waals surface area contributed by atoms with Crippen molar-refractivity contribution in [3.63, 3.8) is 0 Å². The lowest BCUT2D eigenvalue weighted by Gasteiger charge is -2.35. The van der Waals surface area contributed by atoms with Crippen molar-refractivity contribution < 1.29 is 4.74 Å². The van der Waals surface area contributed by atoms with Crippen LogP contribution in [0.4, 0.5) is 0 Å². The van der Waals surface area contributed by atoms with Gasteiger partial charge in [0.2, 0.25) is 0 Å². The summed E-state index contributed by atoms with van der Waals surface area (Å²) in [5, 5.41) is 0. The Labute approximate surface area is 99.8 Å². The quantitative estimate of drug-likeness (QED) is 0.747. The third-order valence-electron chi connectivity index (χ3n) is 3.35. The second-order valence-electron chi connectivity index (χ2n) is 5.60. The van der Waals surface area contributed by atoms with Crippen LogP contribution in [0.1, 0.15) is 33.3 Å². The minimum absolute atomic E-state index is 0.269. The van der Waals surface area contributed by atoms with Crippen LogP contribution in [-0.2, 0) is 11.2 Å². The fourth-order valence-electron chi connectivity index (χ4n) is 2.21. The molecule has 0 aromatic heterocycles. The molecule has 1 aromatic carbocycles. The standard InChI is InChI=1S/C15H24O/c1-12(16-5)14(15(2,3)4)11-13-9-7-6-8-10-13/h6-10,12,14H,11H2,1-5H3/t12-,14-/m0/s1. The first-order valence-electron chi connectivity index (χ1n) is 6.02. The molecule has 0 N–H and O–H groups in total. The maximum atomic E-state index is 5.51. The van der Waals surface area contributed by atoms with Crippen LogP contribution in [0.15, 0.2) is 30.3 Å². The molecule has 0 spiro atoms. The Bertz CT molecular complexity index is 297. The Hall–Kier alpha value is -0.820. The van der Waals surface area contributed by atoms with Gasteiger partial charge in [0.05, 0.1) is 6.10 Å². The maximum absolute atomic E-state index is 5.51. The van der Waals surface area contributed by atoms with Gasteiger partial charge in [-0.05, 0) is 30.2 Å². The summed E-state index contributed by atoms with van der Waals surface area (Å²) in [6.45, 7) is 9.03. The molecule has 0 aliphatic heterocycles.